The Balaban J connectivity index is 0.00000320. The van der Waals surface area contributed by atoms with Crippen LogP contribution >= 0.6 is 24.0 Å². The highest BCUT2D eigenvalue weighted by Crippen LogP contribution is 2.26. The monoisotopic (exact) mass is 522 g/mol. The molecule has 1 aliphatic heterocycles. The summed E-state index contributed by atoms with van der Waals surface area (Å²) in [5.74, 6) is 2.83. The van der Waals surface area contributed by atoms with Crippen molar-refractivity contribution in [2.75, 3.05) is 45.2 Å². The quantitative estimate of drug-likeness (QED) is 0.321. The summed E-state index contributed by atoms with van der Waals surface area (Å²) in [6, 6.07) is 17.1. The van der Waals surface area contributed by atoms with Crippen molar-refractivity contribution in [3.63, 3.8) is 0 Å². The second-order valence-electron chi connectivity index (χ2n) is 7.95. The molecule has 1 aliphatic rings. The molecule has 30 heavy (non-hydrogen) atoms. The number of rotatable bonds is 7. The maximum atomic E-state index is 5.36. The molecule has 0 radical (unpaired) electrons. The van der Waals surface area contributed by atoms with Gasteiger partial charge in [-0.15, -0.1) is 24.0 Å². The molecule has 0 aromatic heterocycles. The summed E-state index contributed by atoms with van der Waals surface area (Å²) in [6.07, 6.45) is 1.18. The van der Waals surface area contributed by atoms with Gasteiger partial charge < -0.3 is 20.3 Å². The first kappa shape index (κ1) is 24.3. The zero-order chi connectivity index (χ0) is 20.6. The number of halogens is 1. The normalized spacial score (nSPS) is 17.3. The minimum atomic E-state index is 0. The van der Waals surface area contributed by atoms with Gasteiger partial charge >= 0.3 is 0 Å². The van der Waals surface area contributed by atoms with E-state index < -0.39 is 0 Å². The van der Waals surface area contributed by atoms with Gasteiger partial charge in [0.1, 0.15) is 5.75 Å². The first-order chi connectivity index (χ1) is 14.1. The van der Waals surface area contributed by atoms with Gasteiger partial charge in [-0.3, -0.25) is 4.99 Å². The van der Waals surface area contributed by atoms with Crippen molar-refractivity contribution in [1.82, 2.24) is 10.6 Å². The number of guanidine groups is 1. The van der Waals surface area contributed by atoms with E-state index in [0.717, 1.165) is 37.9 Å². The molecule has 2 atom stereocenters. The maximum Gasteiger partial charge on any atom is 0.191 e. The number of ether oxygens (including phenoxy) is 1. The highest BCUT2D eigenvalue weighted by Gasteiger charge is 2.23. The van der Waals surface area contributed by atoms with Crippen molar-refractivity contribution in [3.8, 4) is 5.75 Å². The van der Waals surface area contributed by atoms with Crippen molar-refractivity contribution in [2.24, 2.45) is 10.9 Å². The predicted octanol–water partition coefficient (Wildman–Crippen LogP) is 4.42. The number of nitrogens with one attached hydrogen (secondary N) is 2. The molecule has 2 aromatic rings. The van der Waals surface area contributed by atoms with E-state index >= 15 is 0 Å². The molecule has 0 spiro atoms. The number of benzene rings is 2. The molecule has 1 saturated heterocycles. The van der Waals surface area contributed by atoms with Crippen LogP contribution in [0, 0.1) is 12.8 Å². The smallest absolute Gasteiger partial charge is 0.191 e. The third-order valence-corrected chi connectivity index (χ3v) is 5.71. The van der Waals surface area contributed by atoms with E-state index in [2.05, 4.69) is 76.8 Å². The molecule has 3 rings (SSSR count). The molecule has 1 fully saturated rings. The largest absolute Gasteiger partial charge is 0.497 e. The Morgan fingerprint density at radius 2 is 1.97 bits per heavy atom. The summed E-state index contributed by atoms with van der Waals surface area (Å²) in [6.45, 7) is 8.29. The van der Waals surface area contributed by atoms with Crippen molar-refractivity contribution in [3.05, 3.63) is 59.7 Å². The number of nitrogens with zero attached hydrogens (tertiary/aromatic N) is 2. The van der Waals surface area contributed by atoms with Crippen LogP contribution in [0.2, 0.25) is 0 Å². The second kappa shape index (κ2) is 12.0. The van der Waals surface area contributed by atoms with E-state index in [4.69, 9.17) is 4.74 Å². The minimum Gasteiger partial charge on any atom is -0.497 e. The fourth-order valence-corrected chi connectivity index (χ4v) is 3.77. The van der Waals surface area contributed by atoms with Crippen LogP contribution in [0.1, 0.15) is 30.4 Å². The standard InChI is InChI=1S/C24H34N4O.HI/c1-18-8-10-21(11-9-18)19(2)15-26-24(25-3)27-16-20-12-13-28(17-20)22-6-5-7-23(14-22)29-4;/h5-11,14,19-20H,12-13,15-17H2,1-4H3,(H2,25,26,27);1H. The summed E-state index contributed by atoms with van der Waals surface area (Å²) in [4.78, 5) is 6.83. The van der Waals surface area contributed by atoms with Crippen LogP contribution in [-0.2, 0) is 0 Å². The maximum absolute atomic E-state index is 5.36. The van der Waals surface area contributed by atoms with E-state index in [9.17, 15) is 0 Å². The molecule has 2 aromatic carbocycles. The lowest BCUT2D eigenvalue weighted by Crippen LogP contribution is -2.41. The van der Waals surface area contributed by atoms with Gasteiger partial charge in [0.05, 0.1) is 7.11 Å². The fraction of sp³-hybridized carbons (Fsp3) is 0.458. The van der Waals surface area contributed by atoms with Crippen LogP contribution in [0.5, 0.6) is 5.75 Å². The van der Waals surface area contributed by atoms with E-state index in [1.165, 1.54) is 23.2 Å². The lowest BCUT2D eigenvalue weighted by Gasteiger charge is -2.20. The molecule has 6 heteroatoms. The van der Waals surface area contributed by atoms with E-state index in [1.807, 2.05) is 13.1 Å². The SMILES string of the molecule is CN=C(NCC1CCN(c2cccc(OC)c2)C1)NCC(C)c1ccc(C)cc1.I. The molecule has 0 aliphatic carbocycles. The summed E-state index contributed by atoms with van der Waals surface area (Å²) in [5.41, 5.74) is 3.88. The van der Waals surface area contributed by atoms with Gasteiger partial charge in [-0.05, 0) is 42.9 Å². The molecular weight excluding hydrogens is 487 g/mol. The molecule has 5 nitrogen and oxygen atoms in total. The number of aryl methyl sites for hydroxylation is 1. The molecular formula is C24H35IN4O. The Morgan fingerprint density at radius 1 is 1.20 bits per heavy atom. The number of methoxy groups -OCH3 is 1. The van der Waals surface area contributed by atoms with Crippen molar-refractivity contribution in [1.29, 1.82) is 0 Å². The summed E-state index contributed by atoms with van der Waals surface area (Å²) in [5, 5.41) is 6.98. The summed E-state index contributed by atoms with van der Waals surface area (Å²) in [7, 11) is 3.55. The van der Waals surface area contributed by atoms with Crippen LogP contribution in [0.3, 0.4) is 0 Å². The van der Waals surface area contributed by atoms with Gasteiger partial charge in [0.25, 0.3) is 0 Å². The Kier molecular flexibility index (Phi) is 9.75. The first-order valence-corrected chi connectivity index (χ1v) is 10.5. The van der Waals surface area contributed by atoms with Crippen molar-refractivity contribution >= 4 is 35.6 Å². The van der Waals surface area contributed by atoms with E-state index in [0.29, 0.717) is 11.8 Å². The topological polar surface area (TPSA) is 48.9 Å². The van der Waals surface area contributed by atoms with E-state index in [-0.39, 0.29) is 24.0 Å². The van der Waals surface area contributed by atoms with Gasteiger partial charge in [-0.2, -0.15) is 0 Å². The number of hydrogen-bond acceptors (Lipinski definition) is 3. The molecule has 0 amide bonds. The van der Waals surface area contributed by atoms with Gasteiger partial charge in [-0.25, -0.2) is 0 Å². The van der Waals surface area contributed by atoms with Crippen LogP contribution < -0.4 is 20.3 Å². The lowest BCUT2D eigenvalue weighted by molar-refractivity contribution is 0.415. The van der Waals surface area contributed by atoms with Crippen LogP contribution in [0.25, 0.3) is 0 Å². The van der Waals surface area contributed by atoms with Gasteiger partial charge in [0.15, 0.2) is 5.96 Å². The average Bonchev–Trinajstić information content (AvgIpc) is 3.23. The molecule has 0 saturated carbocycles. The third kappa shape index (κ3) is 6.79. The number of hydrogen-bond donors (Lipinski definition) is 2. The minimum absolute atomic E-state index is 0. The lowest BCUT2D eigenvalue weighted by atomic mass is 10.0. The predicted molar refractivity (Wildman–Crippen MR) is 138 cm³/mol. The number of anilines is 1. The molecule has 164 valence electrons. The summed E-state index contributed by atoms with van der Waals surface area (Å²) < 4.78 is 5.36. The second-order valence-corrected chi connectivity index (χ2v) is 7.95. The van der Waals surface area contributed by atoms with Crippen molar-refractivity contribution in [2.45, 2.75) is 26.2 Å². The Labute approximate surface area is 198 Å². The average molecular weight is 522 g/mol. The molecule has 2 N–H and O–H groups in total. The van der Waals surface area contributed by atoms with Gasteiger partial charge in [0.2, 0.25) is 0 Å². The zero-order valence-electron chi connectivity index (χ0n) is 18.5. The third-order valence-electron chi connectivity index (χ3n) is 5.71. The van der Waals surface area contributed by atoms with Crippen molar-refractivity contribution < 1.29 is 4.74 Å². The summed E-state index contributed by atoms with van der Waals surface area (Å²) >= 11 is 0. The first-order valence-electron chi connectivity index (χ1n) is 10.5. The highest BCUT2D eigenvalue weighted by atomic mass is 127. The van der Waals surface area contributed by atoms with Gasteiger partial charge in [-0.1, -0.05) is 42.8 Å². The Hall–Kier alpha value is -1.96. The Morgan fingerprint density at radius 3 is 2.67 bits per heavy atom. The van der Waals surface area contributed by atoms with E-state index in [1.54, 1.807) is 7.11 Å². The fourth-order valence-electron chi connectivity index (χ4n) is 3.77. The van der Waals surface area contributed by atoms with Crippen LogP contribution in [0.15, 0.2) is 53.5 Å². The highest BCUT2D eigenvalue weighted by molar-refractivity contribution is 14.0. The molecule has 1 heterocycles. The van der Waals surface area contributed by atoms with Crippen LogP contribution in [0.4, 0.5) is 5.69 Å². The number of aliphatic imine (C=N–C) groups is 1. The Bertz CT molecular complexity index is 809. The van der Waals surface area contributed by atoms with Crippen LogP contribution in [-0.4, -0.2) is 46.3 Å². The zero-order valence-corrected chi connectivity index (χ0v) is 20.9. The molecule has 0 bridgehead atoms. The molecule has 2 unspecified atom stereocenters. The van der Waals surface area contributed by atoms with Gasteiger partial charge in [0, 0.05) is 45.0 Å².